The lowest BCUT2D eigenvalue weighted by Gasteiger charge is -2.06. The molecular weight excluding hydrogens is 210 g/mol. The smallest absolute Gasteiger partial charge is 0.252 e. The summed E-state index contributed by atoms with van der Waals surface area (Å²) in [5, 5.41) is 2.95. The maximum absolute atomic E-state index is 11.8. The van der Waals surface area contributed by atoms with Crippen LogP contribution >= 0.6 is 0 Å². The maximum Gasteiger partial charge on any atom is 0.252 e. The van der Waals surface area contributed by atoms with E-state index in [1.54, 1.807) is 0 Å². The van der Waals surface area contributed by atoms with Gasteiger partial charge in [0.05, 0.1) is 6.04 Å². The molecule has 0 saturated carbocycles. The van der Waals surface area contributed by atoms with Gasteiger partial charge in [0.15, 0.2) is 0 Å². The largest absolute Gasteiger partial charge is 0.345 e. The first-order chi connectivity index (χ1) is 8.09. The highest BCUT2D eigenvalue weighted by Gasteiger charge is 2.29. The van der Waals surface area contributed by atoms with Crippen molar-refractivity contribution < 1.29 is 4.79 Å². The van der Waals surface area contributed by atoms with Crippen LogP contribution in [0.5, 0.6) is 0 Å². The predicted molar refractivity (Wildman–Crippen MR) is 70.4 cm³/mol. The van der Waals surface area contributed by atoms with E-state index < -0.39 is 0 Å². The van der Waals surface area contributed by atoms with Crippen molar-refractivity contribution in [1.29, 1.82) is 0 Å². The zero-order chi connectivity index (χ0) is 12.4. The molecule has 1 aromatic rings. The molecule has 0 aromatic heterocycles. The summed E-state index contributed by atoms with van der Waals surface area (Å²) in [6.07, 6.45) is 2.09. The molecule has 1 aromatic carbocycles. The van der Waals surface area contributed by atoms with Crippen molar-refractivity contribution in [1.82, 2.24) is 5.32 Å². The van der Waals surface area contributed by atoms with Crippen molar-refractivity contribution in [2.24, 2.45) is 0 Å². The molecule has 1 aliphatic heterocycles. The van der Waals surface area contributed by atoms with Crippen LogP contribution in [-0.4, -0.2) is 11.9 Å². The Labute approximate surface area is 102 Å². The van der Waals surface area contributed by atoms with Crippen LogP contribution in [0.25, 0.3) is 6.08 Å². The van der Waals surface area contributed by atoms with Gasteiger partial charge in [-0.2, -0.15) is 0 Å². The third kappa shape index (κ3) is 2.31. The van der Waals surface area contributed by atoms with Gasteiger partial charge in [-0.25, -0.2) is 0 Å². The molecule has 1 N–H and O–H groups in total. The number of allylic oxidation sites excluding steroid dienone is 1. The fraction of sp³-hybridized carbons (Fsp3) is 0.267. The molecule has 2 nitrogen and oxygen atoms in total. The van der Waals surface area contributed by atoms with Crippen LogP contribution in [0.3, 0.4) is 0 Å². The van der Waals surface area contributed by atoms with Gasteiger partial charge in [0, 0.05) is 5.57 Å². The maximum atomic E-state index is 11.8. The van der Waals surface area contributed by atoms with E-state index in [2.05, 4.69) is 11.4 Å². The Hall–Kier alpha value is -1.83. The minimum Gasteiger partial charge on any atom is -0.345 e. The lowest BCUT2D eigenvalue weighted by Crippen LogP contribution is -2.22. The van der Waals surface area contributed by atoms with Crippen LogP contribution in [-0.2, 0) is 4.79 Å². The minimum absolute atomic E-state index is 0.0414. The van der Waals surface area contributed by atoms with Gasteiger partial charge in [-0.05, 0) is 38.0 Å². The van der Waals surface area contributed by atoms with Crippen molar-refractivity contribution in [3.05, 3.63) is 52.6 Å². The second-order valence-electron chi connectivity index (χ2n) is 4.58. The summed E-state index contributed by atoms with van der Waals surface area (Å²) in [5.74, 6) is 0.0414. The van der Waals surface area contributed by atoms with Gasteiger partial charge in [0.25, 0.3) is 5.91 Å². The van der Waals surface area contributed by atoms with Crippen LogP contribution in [0.15, 0.2) is 47.1 Å². The average Bonchev–Trinajstić information content (AvgIpc) is 2.55. The van der Waals surface area contributed by atoms with E-state index in [9.17, 15) is 4.79 Å². The second-order valence-corrected chi connectivity index (χ2v) is 4.58. The SMILES string of the molecule is CC(C)=C1C(=O)NC(C)/C1=C/c1ccccc1. The molecule has 1 saturated heterocycles. The summed E-state index contributed by atoms with van der Waals surface area (Å²) in [5.41, 5.74) is 4.11. The van der Waals surface area contributed by atoms with E-state index in [1.807, 2.05) is 51.1 Å². The third-order valence-electron chi connectivity index (χ3n) is 2.95. The zero-order valence-corrected chi connectivity index (χ0v) is 10.4. The van der Waals surface area contributed by atoms with Crippen molar-refractivity contribution in [3.8, 4) is 0 Å². The first-order valence-corrected chi connectivity index (χ1v) is 5.85. The fourth-order valence-electron chi connectivity index (χ4n) is 2.14. The van der Waals surface area contributed by atoms with E-state index in [0.29, 0.717) is 0 Å². The number of benzene rings is 1. The van der Waals surface area contributed by atoms with E-state index in [0.717, 1.165) is 22.3 Å². The first-order valence-electron chi connectivity index (χ1n) is 5.85. The molecule has 1 amide bonds. The van der Waals surface area contributed by atoms with Crippen molar-refractivity contribution >= 4 is 12.0 Å². The molecule has 0 radical (unpaired) electrons. The van der Waals surface area contributed by atoms with Gasteiger partial charge in [-0.3, -0.25) is 4.79 Å². The predicted octanol–water partition coefficient (Wildman–Crippen LogP) is 2.92. The number of rotatable bonds is 1. The molecule has 1 atom stereocenters. The van der Waals surface area contributed by atoms with Gasteiger partial charge in [0.1, 0.15) is 0 Å². The Morgan fingerprint density at radius 2 is 1.88 bits per heavy atom. The van der Waals surface area contributed by atoms with E-state index in [4.69, 9.17) is 0 Å². The summed E-state index contributed by atoms with van der Waals surface area (Å²) in [7, 11) is 0. The highest BCUT2D eigenvalue weighted by molar-refractivity contribution is 6.04. The molecule has 0 spiro atoms. The van der Waals surface area contributed by atoms with Crippen LogP contribution in [0.1, 0.15) is 26.3 Å². The van der Waals surface area contributed by atoms with Gasteiger partial charge in [-0.1, -0.05) is 35.9 Å². The lowest BCUT2D eigenvalue weighted by molar-refractivity contribution is -0.116. The summed E-state index contributed by atoms with van der Waals surface area (Å²) >= 11 is 0. The first kappa shape index (κ1) is 11.6. The van der Waals surface area contributed by atoms with E-state index >= 15 is 0 Å². The molecule has 17 heavy (non-hydrogen) atoms. The molecular formula is C15H17NO. The number of nitrogens with one attached hydrogen (secondary N) is 1. The number of hydrogen-bond acceptors (Lipinski definition) is 1. The van der Waals surface area contributed by atoms with Crippen LogP contribution in [0.2, 0.25) is 0 Å². The summed E-state index contributed by atoms with van der Waals surface area (Å²) < 4.78 is 0. The molecule has 0 bridgehead atoms. The quantitative estimate of drug-likeness (QED) is 0.734. The normalized spacial score (nSPS) is 21.8. The van der Waals surface area contributed by atoms with Crippen LogP contribution < -0.4 is 5.32 Å². The Morgan fingerprint density at radius 1 is 1.24 bits per heavy atom. The molecule has 1 aliphatic rings. The van der Waals surface area contributed by atoms with Gasteiger partial charge in [-0.15, -0.1) is 0 Å². The number of carbonyl (C=O) groups excluding carboxylic acids is 1. The standard InChI is InChI=1S/C15H17NO/c1-10(2)14-13(11(3)16-15(14)17)9-12-7-5-4-6-8-12/h4-9,11H,1-3H3,(H,16,17)/b13-9-. The van der Waals surface area contributed by atoms with Gasteiger partial charge >= 0.3 is 0 Å². The lowest BCUT2D eigenvalue weighted by atomic mass is 9.98. The monoisotopic (exact) mass is 227 g/mol. The summed E-state index contributed by atoms with van der Waals surface area (Å²) in [4.78, 5) is 11.8. The van der Waals surface area contributed by atoms with Crippen molar-refractivity contribution in [2.75, 3.05) is 0 Å². The van der Waals surface area contributed by atoms with Crippen LogP contribution in [0.4, 0.5) is 0 Å². The molecule has 2 rings (SSSR count). The molecule has 1 fully saturated rings. The second kappa shape index (κ2) is 4.58. The highest BCUT2D eigenvalue weighted by atomic mass is 16.2. The van der Waals surface area contributed by atoms with Gasteiger partial charge < -0.3 is 5.32 Å². The molecule has 2 heteroatoms. The van der Waals surface area contributed by atoms with Crippen molar-refractivity contribution in [2.45, 2.75) is 26.8 Å². The summed E-state index contributed by atoms with van der Waals surface area (Å²) in [6, 6.07) is 10.2. The van der Waals surface area contributed by atoms with Crippen LogP contribution in [0, 0.1) is 0 Å². The molecule has 88 valence electrons. The topological polar surface area (TPSA) is 29.1 Å². The van der Waals surface area contributed by atoms with Gasteiger partial charge in [0.2, 0.25) is 0 Å². The third-order valence-corrected chi connectivity index (χ3v) is 2.95. The average molecular weight is 227 g/mol. The number of carbonyl (C=O) groups is 1. The van der Waals surface area contributed by atoms with E-state index in [1.165, 1.54) is 0 Å². The summed E-state index contributed by atoms with van der Waals surface area (Å²) in [6.45, 7) is 5.97. The van der Waals surface area contributed by atoms with Crippen molar-refractivity contribution in [3.63, 3.8) is 0 Å². The Bertz CT molecular complexity index is 493. The number of hydrogen-bond donors (Lipinski definition) is 1. The Morgan fingerprint density at radius 3 is 2.47 bits per heavy atom. The molecule has 1 unspecified atom stereocenters. The molecule has 0 aliphatic carbocycles. The molecule has 1 heterocycles. The Kier molecular flexibility index (Phi) is 3.14. The van der Waals surface area contributed by atoms with E-state index in [-0.39, 0.29) is 11.9 Å². The zero-order valence-electron chi connectivity index (χ0n) is 10.4. The Balaban J connectivity index is 2.47. The fourth-order valence-corrected chi connectivity index (χ4v) is 2.14. The minimum atomic E-state index is 0.0414. The highest BCUT2D eigenvalue weighted by Crippen LogP contribution is 2.26. The number of amides is 1.